The first-order chi connectivity index (χ1) is 10.1. The number of hydrogen-bond donors (Lipinski definition) is 0. The van der Waals surface area contributed by atoms with Gasteiger partial charge in [0.25, 0.3) is 0 Å². The number of rotatable bonds is 3. The number of hydrogen-bond acceptors (Lipinski definition) is 3. The molecule has 0 N–H and O–H groups in total. The normalized spacial score (nSPS) is 14.1. The van der Waals surface area contributed by atoms with Crippen LogP contribution in [0.1, 0.15) is 10.4 Å². The van der Waals surface area contributed by atoms with Crippen LogP contribution in [0, 0.1) is 5.82 Å². The summed E-state index contributed by atoms with van der Waals surface area (Å²) in [4.78, 5) is 16.3. The van der Waals surface area contributed by atoms with Crippen molar-refractivity contribution < 1.29 is 9.18 Å². The lowest BCUT2D eigenvalue weighted by atomic mass is 10.1. The summed E-state index contributed by atoms with van der Waals surface area (Å²) >= 11 is 9.05. The highest BCUT2D eigenvalue weighted by Crippen LogP contribution is 2.31. The first-order valence-electron chi connectivity index (χ1n) is 6.55. The third kappa shape index (κ3) is 3.59. The van der Waals surface area contributed by atoms with Gasteiger partial charge < -0.3 is 4.90 Å². The number of amides is 1. The maximum atomic E-state index is 12.8. The van der Waals surface area contributed by atoms with Crippen LogP contribution >= 0.6 is 34.7 Å². The third-order valence-electron chi connectivity index (χ3n) is 3.37. The van der Waals surface area contributed by atoms with Crippen LogP contribution in [-0.4, -0.2) is 23.1 Å². The Balaban J connectivity index is 1.58. The van der Waals surface area contributed by atoms with Gasteiger partial charge in [-0.1, -0.05) is 11.6 Å². The molecule has 1 aliphatic heterocycles. The minimum Gasteiger partial charge on any atom is -0.337 e. The molecular formula is C15H13ClFNOS2. The molecule has 0 unspecified atom stereocenters. The van der Waals surface area contributed by atoms with Gasteiger partial charge >= 0.3 is 0 Å². The van der Waals surface area contributed by atoms with Crippen molar-refractivity contribution in [2.24, 2.45) is 0 Å². The van der Waals surface area contributed by atoms with E-state index in [-0.39, 0.29) is 11.7 Å². The number of carbonyl (C=O) groups is 1. The van der Waals surface area contributed by atoms with Gasteiger partial charge in [0, 0.05) is 22.9 Å². The van der Waals surface area contributed by atoms with Gasteiger partial charge in [-0.15, -0.1) is 23.1 Å². The Morgan fingerprint density at radius 3 is 2.90 bits per heavy atom. The molecule has 2 nitrogen and oxygen atoms in total. The second-order valence-electron chi connectivity index (χ2n) is 4.81. The average molecular weight is 342 g/mol. The Kier molecular flexibility index (Phi) is 4.52. The smallest absolute Gasteiger partial charge is 0.233 e. The Labute approximate surface area is 135 Å². The van der Waals surface area contributed by atoms with Crippen molar-refractivity contribution in [2.45, 2.75) is 17.9 Å². The maximum absolute atomic E-state index is 12.8. The Morgan fingerprint density at radius 1 is 1.38 bits per heavy atom. The molecule has 0 saturated heterocycles. The second-order valence-corrected chi connectivity index (χ2v) is 7.62. The molecule has 2 heterocycles. The lowest BCUT2D eigenvalue weighted by Crippen LogP contribution is -2.36. The van der Waals surface area contributed by atoms with E-state index in [9.17, 15) is 9.18 Å². The molecule has 0 saturated carbocycles. The van der Waals surface area contributed by atoms with E-state index < -0.39 is 0 Å². The summed E-state index contributed by atoms with van der Waals surface area (Å²) in [6.45, 7) is 1.38. The second kappa shape index (κ2) is 6.38. The fraction of sp³-hybridized carbons (Fsp3) is 0.267. The number of fused-ring (bicyclic) bond motifs is 1. The van der Waals surface area contributed by atoms with Crippen LogP contribution < -0.4 is 0 Å². The molecule has 1 aromatic carbocycles. The SMILES string of the molecule is O=C(CSc1ccc(F)cc1)N1CCc2sc(Cl)cc2C1. The molecule has 1 aromatic heterocycles. The van der Waals surface area contributed by atoms with Crippen molar-refractivity contribution in [2.75, 3.05) is 12.3 Å². The number of benzene rings is 1. The van der Waals surface area contributed by atoms with Gasteiger partial charge in [0.2, 0.25) is 5.91 Å². The van der Waals surface area contributed by atoms with E-state index in [2.05, 4.69) is 0 Å². The lowest BCUT2D eigenvalue weighted by Gasteiger charge is -2.26. The van der Waals surface area contributed by atoms with Crippen LogP contribution in [0.5, 0.6) is 0 Å². The van der Waals surface area contributed by atoms with Crippen LogP contribution in [0.3, 0.4) is 0 Å². The molecule has 110 valence electrons. The van der Waals surface area contributed by atoms with Crippen LogP contribution in [0.2, 0.25) is 4.34 Å². The molecule has 2 aromatic rings. The highest BCUT2D eigenvalue weighted by molar-refractivity contribution is 8.00. The standard InChI is InChI=1S/C15H13ClFNOS2/c16-14-7-10-8-18(6-5-13(10)21-14)15(19)9-20-12-3-1-11(17)2-4-12/h1-4,7H,5-6,8-9H2. The maximum Gasteiger partial charge on any atom is 0.233 e. The first-order valence-corrected chi connectivity index (χ1v) is 8.73. The van der Waals surface area contributed by atoms with Crippen molar-refractivity contribution in [3.8, 4) is 0 Å². The zero-order valence-electron chi connectivity index (χ0n) is 11.1. The van der Waals surface area contributed by atoms with Crippen LogP contribution in [0.25, 0.3) is 0 Å². The Bertz CT molecular complexity index is 656. The fourth-order valence-electron chi connectivity index (χ4n) is 2.28. The molecule has 6 heteroatoms. The number of thioether (sulfide) groups is 1. The van der Waals surface area contributed by atoms with Gasteiger partial charge in [0.15, 0.2) is 0 Å². The monoisotopic (exact) mass is 341 g/mol. The molecule has 21 heavy (non-hydrogen) atoms. The molecule has 3 rings (SSSR count). The molecule has 0 aliphatic carbocycles. The first kappa shape index (κ1) is 14.9. The summed E-state index contributed by atoms with van der Waals surface area (Å²) < 4.78 is 13.6. The van der Waals surface area contributed by atoms with Crippen molar-refractivity contribution in [3.05, 3.63) is 50.9 Å². The van der Waals surface area contributed by atoms with Crippen molar-refractivity contribution in [3.63, 3.8) is 0 Å². The molecule has 0 bridgehead atoms. The van der Waals surface area contributed by atoms with E-state index in [1.807, 2.05) is 11.0 Å². The van der Waals surface area contributed by atoms with E-state index in [0.717, 1.165) is 27.8 Å². The van der Waals surface area contributed by atoms with Gasteiger partial charge in [-0.25, -0.2) is 4.39 Å². The van der Waals surface area contributed by atoms with E-state index in [1.165, 1.54) is 28.8 Å². The van der Waals surface area contributed by atoms with E-state index >= 15 is 0 Å². The van der Waals surface area contributed by atoms with Gasteiger partial charge in [0.1, 0.15) is 5.82 Å². The van der Waals surface area contributed by atoms with Gasteiger partial charge in [-0.05, 0) is 42.3 Å². The fourth-order valence-corrected chi connectivity index (χ4v) is 4.37. The molecular weight excluding hydrogens is 329 g/mol. The van der Waals surface area contributed by atoms with E-state index in [4.69, 9.17) is 11.6 Å². The van der Waals surface area contributed by atoms with Gasteiger partial charge in [-0.2, -0.15) is 0 Å². The van der Waals surface area contributed by atoms with Crippen molar-refractivity contribution in [1.29, 1.82) is 0 Å². The summed E-state index contributed by atoms with van der Waals surface area (Å²) in [6.07, 6.45) is 0.875. The molecule has 1 aliphatic rings. The average Bonchev–Trinajstić information content (AvgIpc) is 2.85. The summed E-state index contributed by atoms with van der Waals surface area (Å²) in [5, 5.41) is 0. The Morgan fingerprint density at radius 2 is 2.14 bits per heavy atom. The largest absolute Gasteiger partial charge is 0.337 e. The highest BCUT2D eigenvalue weighted by atomic mass is 35.5. The number of halogens is 2. The Hall–Kier alpha value is -1.04. The zero-order valence-corrected chi connectivity index (χ0v) is 13.5. The van der Waals surface area contributed by atoms with E-state index in [0.29, 0.717) is 12.3 Å². The summed E-state index contributed by atoms with van der Waals surface area (Å²) in [7, 11) is 0. The highest BCUT2D eigenvalue weighted by Gasteiger charge is 2.22. The topological polar surface area (TPSA) is 20.3 Å². The number of thiophene rings is 1. The minimum absolute atomic E-state index is 0.109. The molecule has 0 spiro atoms. The van der Waals surface area contributed by atoms with Gasteiger partial charge in [-0.3, -0.25) is 4.79 Å². The minimum atomic E-state index is -0.261. The molecule has 0 radical (unpaired) electrons. The lowest BCUT2D eigenvalue weighted by molar-refractivity contribution is -0.129. The van der Waals surface area contributed by atoms with Crippen LogP contribution in [0.15, 0.2) is 35.2 Å². The van der Waals surface area contributed by atoms with E-state index in [1.54, 1.807) is 23.5 Å². The van der Waals surface area contributed by atoms with Crippen LogP contribution in [-0.2, 0) is 17.8 Å². The summed E-state index contributed by atoms with van der Waals surface area (Å²) in [5.41, 5.74) is 1.16. The van der Waals surface area contributed by atoms with Crippen molar-refractivity contribution >= 4 is 40.6 Å². The predicted molar refractivity (Wildman–Crippen MR) is 85.6 cm³/mol. The molecule has 0 fully saturated rings. The summed E-state index contributed by atoms with van der Waals surface area (Å²) in [6, 6.07) is 8.16. The van der Waals surface area contributed by atoms with Crippen molar-refractivity contribution in [1.82, 2.24) is 4.90 Å². The molecule has 1 amide bonds. The number of nitrogens with zero attached hydrogens (tertiary/aromatic N) is 1. The molecule has 0 atom stereocenters. The van der Waals surface area contributed by atoms with Gasteiger partial charge in [0.05, 0.1) is 10.1 Å². The number of carbonyl (C=O) groups excluding carboxylic acids is 1. The predicted octanol–water partition coefficient (Wildman–Crippen LogP) is 4.22. The quantitative estimate of drug-likeness (QED) is 0.779. The summed E-state index contributed by atoms with van der Waals surface area (Å²) in [5.74, 6) is 0.222. The zero-order chi connectivity index (χ0) is 14.8. The van der Waals surface area contributed by atoms with Crippen LogP contribution in [0.4, 0.5) is 4.39 Å². The third-order valence-corrected chi connectivity index (χ3v) is 5.73.